The second-order valence-corrected chi connectivity index (χ2v) is 6.50. The monoisotopic (exact) mass is 300 g/mol. The molecule has 1 heterocycles. The van der Waals surface area contributed by atoms with Crippen LogP contribution < -0.4 is 16.0 Å². The first-order valence-corrected chi connectivity index (χ1v) is 7.49. The summed E-state index contributed by atoms with van der Waals surface area (Å²) in [6.07, 6.45) is 2.21. The molecule has 0 aromatic rings. The van der Waals surface area contributed by atoms with E-state index >= 15 is 0 Å². The van der Waals surface area contributed by atoms with Crippen LogP contribution in [0.1, 0.15) is 33.6 Å². The zero-order valence-corrected chi connectivity index (χ0v) is 13.2. The van der Waals surface area contributed by atoms with Gasteiger partial charge >= 0.3 is 6.03 Å². The number of hydrogen-bond acceptors (Lipinski definition) is 5. The standard InChI is InChI=1S/C14H28N4O3/c1-14(2,3)17-13(21)16-12(20)10-18(7-8-19)9-11-5-4-6-15-11/h11,15,19H,4-10H2,1-3H3,(H2,16,17,20,21). The maximum absolute atomic E-state index is 11.9. The van der Waals surface area contributed by atoms with Gasteiger partial charge in [0.2, 0.25) is 5.91 Å². The van der Waals surface area contributed by atoms with Gasteiger partial charge in [-0.3, -0.25) is 15.0 Å². The molecule has 1 aliphatic heterocycles. The zero-order chi connectivity index (χ0) is 15.9. The Bertz CT molecular complexity index is 349. The molecule has 1 aliphatic rings. The summed E-state index contributed by atoms with van der Waals surface area (Å²) < 4.78 is 0. The first-order valence-electron chi connectivity index (χ1n) is 7.49. The molecule has 0 saturated carbocycles. The van der Waals surface area contributed by atoms with E-state index in [4.69, 9.17) is 5.11 Å². The highest BCUT2D eigenvalue weighted by Crippen LogP contribution is 2.06. The molecule has 0 spiro atoms. The SMILES string of the molecule is CC(C)(C)NC(=O)NC(=O)CN(CCO)CC1CCCN1. The molecular formula is C14H28N4O3. The quantitative estimate of drug-likeness (QED) is 0.538. The van der Waals surface area contributed by atoms with E-state index in [0.29, 0.717) is 19.1 Å². The Hall–Kier alpha value is -1.18. The van der Waals surface area contributed by atoms with Gasteiger partial charge in [0, 0.05) is 24.7 Å². The average molecular weight is 300 g/mol. The van der Waals surface area contributed by atoms with Crippen LogP contribution in [0.5, 0.6) is 0 Å². The third-order valence-corrected chi connectivity index (χ3v) is 3.17. The van der Waals surface area contributed by atoms with E-state index in [-0.39, 0.29) is 24.6 Å². The summed E-state index contributed by atoms with van der Waals surface area (Å²) in [5.41, 5.74) is -0.386. The summed E-state index contributed by atoms with van der Waals surface area (Å²) in [6, 6.07) is -0.136. The third-order valence-electron chi connectivity index (χ3n) is 3.17. The maximum atomic E-state index is 11.9. The minimum atomic E-state index is -0.490. The normalized spacial score (nSPS) is 18.8. The summed E-state index contributed by atoms with van der Waals surface area (Å²) in [4.78, 5) is 25.4. The second kappa shape index (κ2) is 8.31. The van der Waals surface area contributed by atoms with Gasteiger partial charge in [0.15, 0.2) is 0 Å². The van der Waals surface area contributed by atoms with E-state index in [9.17, 15) is 9.59 Å². The Morgan fingerprint density at radius 1 is 1.38 bits per heavy atom. The lowest BCUT2D eigenvalue weighted by atomic mass is 10.1. The van der Waals surface area contributed by atoms with Gasteiger partial charge in [-0.1, -0.05) is 0 Å². The van der Waals surface area contributed by atoms with Crippen LogP contribution in [0, 0.1) is 0 Å². The van der Waals surface area contributed by atoms with Crippen LogP contribution in [0.2, 0.25) is 0 Å². The van der Waals surface area contributed by atoms with E-state index in [0.717, 1.165) is 19.4 Å². The van der Waals surface area contributed by atoms with Crippen LogP contribution in [-0.2, 0) is 4.79 Å². The fourth-order valence-electron chi connectivity index (χ4n) is 2.34. The lowest BCUT2D eigenvalue weighted by molar-refractivity contribution is -0.121. The Morgan fingerprint density at radius 2 is 2.10 bits per heavy atom. The van der Waals surface area contributed by atoms with Crippen LogP contribution in [0.15, 0.2) is 0 Å². The van der Waals surface area contributed by atoms with Gasteiger partial charge in [0.05, 0.1) is 13.2 Å². The number of aliphatic hydroxyl groups excluding tert-OH is 1. The number of imide groups is 1. The first-order chi connectivity index (χ1) is 9.80. The van der Waals surface area contributed by atoms with Gasteiger partial charge in [-0.15, -0.1) is 0 Å². The van der Waals surface area contributed by atoms with Crippen molar-refractivity contribution in [2.45, 2.75) is 45.2 Å². The summed E-state index contributed by atoms with van der Waals surface area (Å²) >= 11 is 0. The van der Waals surface area contributed by atoms with Crippen molar-refractivity contribution in [2.24, 2.45) is 0 Å². The molecule has 4 N–H and O–H groups in total. The molecule has 0 bridgehead atoms. The second-order valence-electron chi connectivity index (χ2n) is 6.50. The highest BCUT2D eigenvalue weighted by molar-refractivity contribution is 5.95. The lowest BCUT2D eigenvalue weighted by Gasteiger charge is -2.25. The van der Waals surface area contributed by atoms with Crippen molar-refractivity contribution in [3.63, 3.8) is 0 Å². The van der Waals surface area contributed by atoms with Gasteiger partial charge in [0.1, 0.15) is 0 Å². The van der Waals surface area contributed by atoms with Crippen molar-refractivity contribution in [1.29, 1.82) is 0 Å². The molecule has 0 radical (unpaired) electrons. The summed E-state index contributed by atoms with van der Waals surface area (Å²) in [5.74, 6) is -0.358. The smallest absolute Gasteiger partial charge is 0.321 e. The Morgan fingerprint density at radius 3 is 2.62 bits per heavy atom. The number of aliphatic hydroxyl groups is 1. The molecule has 1 rings (SSSR count). The van der Waals surface area contributed by atoms with Crippen LogP contribution in [0.25, 0.3) is 0 Å². The lowest BCUT2D eigenvalue weighted by Crippen LogP contribution is -2.51. The van der Waals surface area contributed by atoms with Gasteiger partial charge in [-0.2, -0.15) is 0 Å². The van der Waals surface area contributed by atoms with E-state index in [1.807, 2.05) is 25.7 Å². The molecule has 3 amide bonds. The van der Waals surface area contributed by atoms with Gasteiger partial charge < -0.3 is 15.7 Å². The minimum Gasteiger partial charge on any atom is -0.395 e. The third kappa shape index (κ3) is 7.99. The molecule has 7 nitrogen and oxygen atoms in total. The number of nitrogens with zero attached hydrogens (tertiary/aromatic N) is 1. The molecule has 0 aromatic carbocycles. The Labute approximate surface area is 126 Å². The number of amides is 3. The molecule has 1 saturated heterocycles. The molecule has 7 heteroatoms. The van der Waals surface area contributed by atoms with Gasteiger partial charge in [0.25, 0.3) is 0 Å². The Balaban J connectivity index is 2.38. The summed E-state index contributed by atoms with van der Waals surface area (Å²) in [7, 11) is 0. The Kier molecular flexibility index (Phi) is 7.07. The molecule has 0 aliphatic carbocycles. The largest absolute Gasteiger partial charge is 0.395 e. The van der Waals surface area contributed by atoms with Crippen molar-refractivity contribution < 1.29 is 14.7 Å². The van der Waals surface area contributed by atoms with Crippen molar-refractivity contribution >= 4 is 11.9 Å². The topological polar surface area (TPSA) is 93.7 Å². The van der Waals surface area contributed by atoms with Crippen LogP contribution >= 0.6 is 0 Å². The molecule has 1 fully saturated rings. The van der Waals surface area contributed by atoms with Gasteiger partial charge in [-0.25, -0.2) is 4.79 Å². The van der Waals surface area contributed by atoms with Gasteiger partial charge in [-0.05, 0) is 40.2 Å². The van der Waals surface area contributed by atoms with Crippen LogP contribution in [-0.4, -0.2) is 66.3 Å². The van der Waals surface area contributed by atoms with E-state index in [2.05, 4.69) is 16.0 Å². The fourth-order valence-corrected chi connectivity index (χ4v) is 2.34. The fraction of sp³-hybridized carbons (Fsp3) is 0.857. The highest BCUT2D eigenvalue weighted by atomic mass is 16.3. The molecule has 1 unspecified atom stereocenters. The first kappa shape index (κ1) is 17.9. The molecular weight excluding hydrogens is 272 g/mol. The highest BCUT2D eigenvalue weighted by Gasteiger charge is 2.21. The predicted octanol–water partition coefficient (Wildman–Crippen LogP) is -0.343. The van der Waals surface area contributed by atoms with Crippen molar-refractivity contribution in [1.82, 2.24) is 20.9 Å². The van der Waals surface area contributed by atoms with Crippen molar-refractivity contribution in [3.8, 4) is 0 Å². The predicted molar refractivity (Wildman–Crippen MR) is 81.0 cm³/mol. The number of hydrogen-bond donors (Lipinski definition) is 4. The number of urea groups is 1. The zero-order valence-electron chi connectivity index (χ0n) is 13.2. The van der Waals surface area contributed by atoms with Crippen LogP contribution in [0.4, 0.5) is 4.79 Å². The van der Waals surface area contributed by atoms with E-state index in [1.54, 1.807) is 0 Å². The molecule has 0 aromatic heterocycles. The van der Waals surface area contributed by atoms with Crippen molar-refractivity contribution in [3.05, 3.63) is 0 Å². The number of rotatable bonds is 6. The number of carbonyl (C=O) groups excluding carboxylic acids is 2. The minimum absolute atomic E-state index is 0.00577. The number of carbonyl (C=O) groups is 2. The summed E-state index contributed by atoms with van der Waals surface area (Å²) in [6.45, 7) is 7.77. The van der Waals surface area contributed by atoms with E-state index in [1.165, 1.54) is 0 Å². The average Bonchev–Trinajstić information content (AvgIpc) is 2.78. The number of nitrogens with one attached hydrogen (secondary N) is 3. The maximum Gasteiger partial charge on any atom is 0.321 e. The van der Waals surface area contributed by atoms with E-state index < -0.39 is 6.03 Å². The molecule has 21 heavy (non-hydrogen) atoms. The molecule has 122 valence electrons. The van der Waals surface area contributed by atoms with Crippen LogP contribution in [0.3, 0.4) is 0 Å². The van der Waals surface area contributed by atoms with Crippen molar-refractivity contribution in [2.75, 3.05) is 32.8 Å². The summed E-state index contributed by atoms with van der Waals surface area (Å²) in [5, 5.41) is 17.4. The molecule has 1 atom stereocenters.